The molecule has 0 radical (unpaired) electrons. The van der Waals surface area contributed by atoms with Gasteiger partial charge in [-0.25, -0.2) is 9.98 Å². The largest absolute Gasteiger partial charge is 0.321 e. The summed E-state index contributed by atoms with van der Waals surface area (Å²) in [6, 6.07) is -0.143. The van der Waals surface area contributed by atoms with Gasteiger partial charge in [0.15, 0.2) is 11.2 Å². The number of thioether (sulfide) groups is 1. The second-order valence-electron chi connectivity index (χ2n) is 2.27. The number of hydrogen-bond acceptors (Lipinski definition) is 5. The molecule has 1 unspecified atom stereocenters. The summed E-state index contributed by atoms with van der Waals surface area (Å²) >= 11 is 6.56. The van der Waals surface area contributed by atoms with Gasteiger partial charge >= 0.3 is 0 Å². The minimum absolute atomic E-state index is 0.143. The lowest BCUT2D eigenvalue weighted by Gasteiger charge is -2.17. The molecule has 2 aliphatic heterocycles. The molecule has 0 aromatic carbocycles. The van der Waals surface area contributed by atoms with Crippen LogP contribution in [0.2, 0.25) is 0 Å². The van der Waals surface area contributed by atoms with E-state index < -0.39 is 0 Å². The van der Waals surface area contributed by atoms with Gasteiger partial charge in [-0.1, -0.05) is 24.0 Å². The normalized spacial score (nSPS) is 26.1. The van der Waals surface area contributed by atoms with Gasteiger partial charge in [0.05, 0.1) is 0 Å². The Morgan fingerprint density at radius 2 is 2.50 bits per heavy atom. The van der Waals surface area contributed by atoms with Gasteiger partial charge in [0.2, 0.25) is 0 Å². The van der Waals surface area contributed by atoms with Crippen molar-refractivity contribution in [2.75, 3.05) is 6.26 Å². The summed E-state index contributed by atoms with van der Waals surface area (Å²) in [4.78, 5) is 12.8. The maximum atomic E-state index is 5.05. The Balaban J connectivity index is 2.31. The van der Waals surface area contributed by atoms with Crippen molar-refractivity contribution in [1.29, 1.82) is 0 Å². The first kappa shape index (κ1) is 7.88. The predicted molar refractivity (Wildman–Crippen MR) is 56.4 cm³/mol. The van der Waals surface area contributed by atoms with E-state index in [-0.39, 0.29) is 6.04 Å². The number of amidine groups is 2. The Hall–Kier alpha value is -0.750. The molecular formula is C6H6N4S2. The van der Waals surface area contributed by atoms with E-state index in [1.807, 2.05) is 6.26 Å². The third kappa shape index (κ3) is 1.16. The lowest BCUT2D eigenvalue weighted by atomic mass is 10.2. The van der Waals surface area contributed by atoms with Gasteiger partial charge in [0.25, 0.3) is 0 Å². The van der Waals surface area contributed by atoms with E-state index in [1.54, 1.807) is 0 Å². The molecule has 0 amide bonds. The standard InChI is InChI=1S/C6H6N4S2/c1-12-6-9-4-3(5(11)10-6)7-2-8-4/h2-3H,1H3,(H,7,8,9,10,11). The molecule has 0 saturated heterocycles. The van der Waals surface area contributed by atoms with E-state index in [1.165, 1.54) is 18.1 Å². The Labute approximate surface area is 79.3 Å². The molecule has 6 heteroatoms. The molecule has 0 aliphatic carbocycles. The van der Waals surface area contributed by atoms with Crippen molar-refractivity contribution in [2.24, 2.45) is 15.0 Å². The van der Waals surface area contributed by atoms with Crippen LogP contribution in [0.4, 0.5) is 0 Å². The molecule has 2 aliphatic rings. The quantitative estimate of drug-likeness (QED) is 0.575. The van der Waals surface area contributed by atoms with Crippen LogP contribution in [0.3, 0.4) is 0 Å². The zero-order chi connectivity index (χ0) is 8.55. The monoisotopic (exact) mass is 198 g/mol. The average Bonchev–Trinajstić information content (AvgIpc) is 2.52. The first-order valence-electron chi connectivity index (χ1n) is 3.34. The fourth-order valence-electron chi connectivity index (χ4n) is 0.980. The van der Waals surface area contributed by atoms with E-state index in [0.717, 1.165) is 11.0 Å². The summed E-state index contributed by atoms with van der Waals surface area (Å²) in [5.41, 5.74) is 0. The van der Waals surface area contributed by atoms with E-state index in [0.29, 0.717) is 4.99 Å². The zero-order valence-electron chi connectivity index (χ0n) is 6.31. The Kier molecular flexibility index (Phi) is 1.93. The molecule has 0 bridgehead atoms. The highest BCUT2D eigenvalue weighted by Crippen LogP contribution is 2.11. The fraction of sp³-hybridized carbons (Fsp3) is 0.333. The lowest BCUT2D eigenvalue weighted by Crippen LogP contribution is -2.43. The Bertz CT molecular complexity index is 318. The predicted octanol–water partition coefficient (Wildman–Crippen LogP) is 0.445. The van der Waals surface area contributed by atoms with Crippen molar-refractivity contribution in [3.8, 4) is 0 Å². The van der Waals surface area contributed by atoms with Crippen molar-refractivity contribution < 1.29 is 0 Å². The smallest absolute Gasteiger partial charge is 0.167 e. The first-order valence-corrected chi connectivity index (χ1v) is 4.97. The SMILES string of the molecule is CSC1=NC(=S)C2N=CN=C2N1. The average molecular weight is 198 g/mol. The molecule has 1 N–H and O–H groups in total. The van der Waals surface area contributed by atoms with Crippen molar-refractivity contribution in [1.82, 2.24) is 5.32 Å². The van der Waals surface area contributed by atoms with Gasteiger partial charge in [-0.15, -0.1) is 0 Å². The molecule has 62 valence electrons. The van der Waals surface area contributed by atoms with Gasteiger partial charge < -0.3 is 5.32 Å². The van der Waals surface area contributed by atoms with Crippen LogP contribution in [0.1, 0.15) is 0 Å². The van der Waals surface area contributed by atoms with Crippen molar-refractivity contribution >= 4 is 46.3 Å². The fourth-order valence-corrected chi connectivity index (χ4v) is 1.70. The van der Waals surface area contributed by atoms with Crippen LogP contribution in [0.15, 0.2) is 15.0 Å². The number of hydrogen-bond donors (Lipinski definition) is 1. The number of nitrogens with one attached hydrogen (secondary N) is 1. The molecular weight excluding hydrogens is 192 g/mol. The Morgan fingerprint density at radius 1 is 1.67 bits per heavy atom. The van der Waals surface area contributed by atoms with Gasteiger partial charge in [0, 0.05) is 0 Å². The molecule has 12 heavy (non-hydrogen) atoms. The number of fused-ring (bicyclic) bond motifs is 1. The lowest BCUT2D eigenvalue weighted by molar-refractivity contribution is 1.10. The van der Waals surface area contributed by atoms with Crippen LogP contribution in [0, 0.1) is 0 Å². The van der Waals surface area contributed by atoms with Gasteiger partial charge in [-0.3, -0.25) is 4.99 Å². The van der Waals surface area contributed by atoms with Crippen LogP contribution in [0.25, 0.3) is 0 Å². The van der Waals surface area contributed by atoms with Crippen LogP contribution >= 0.6 is 24.0 Å². The van der Waals surface area contributed by atoms with Crippen LogP contribution < -0.4 is 5.32 Å². The second-order valence-corrected chi connectivity index (χ2v) is 3.48. The summed E-state index contributed by atoms with van der Waals surface area (Å²) in [6.45, 7) is 0. The molecule has 4 nitrogen and oxygen atoms in total. The number of nitrogens with zero attached hydrogens (tertiary/aromatic N) is 3. The Morgan fingerprint density at radius 3 is 3.25 bits per heavy atom. The highest BCUT2D eigenvalue weighted by Gasteiger charge is 2.27. The van der Waals surface area contributed by atoms with Crippen LogP contribution in [0.5, 0.6) is 0 Å². The van der Waals surface area contributed by atoms with Crippen molar-refractivity contribution in [3.63, 3.8) is 0 Å². The zero-order valence-corrected chi connectivity index (χ0v) is 7.95. The molecule has 0 fully saturated rings. The van der Waals surface area contributed by atoms with Crippen molar-refractivity contribution in [2.45, 2.75) is 6.04 Å². The summed E-state index contributed by atoms with van der Waals surface area (Å²) in [7, 11) is 0. The van der Waals surface area contributed by atoms with Gasteiger partial charge in [-0.2, -0.15) is 0 Å². The summed E-state index contributed by atoms with van der Waals surface area (Å²) in [5.74, 6) is 0.791. The molecule has 2 heterocycles. The molecule has 0 saturated carbocycles. The third-order valence-corrected chi connectivity index (χ3v) is 2.44. The number of rotatable bonds is 0. The summed E-state index contributed by atoms with van der Waals surface area (Å²) < 4.78 is 0. The number of thiocarbonyl (C=S) groups is 1. The second kappa shape index (κ2) is 2.95. The van der Waals surface area contributed by atoms with Gasteiger partial charge in [0.1, 0.15) is 17.2 Å². The minimum Gasteiger partial charge on any atom is -0.321 e. The van der Waals surface area contributed by atoms with Crippen LogP contribution in [-0.4, -0.2) is 34.6 Å². The molecule has 0 spiro atoms. The molecule has 0 aromatic rings. The summed E-state index contributed by atoms with van der Waals surface area (Å²) in [6.07, 6.45) is 3.45. The maximum Gasteiger partial charge on any atom is 0.167 e. The highest BCUT2D eigenvalue weighted by molar-refractivity contribution is 8.13. The first-order chi connectivity index (χ1) is 5.81. The highest BCUT2D eigenvalue weighted by atomic mass is 32.2. The van der Waals surface area contributed by atoms with E-state index in [2.05, 4.69) is 20.3 Å². The van der Waals surface area contributed by atoms with E-state index in [9.17, 15) is 0 Å². The van der Waals surface area contributed by atoms with E-state index in [4.69, 9.17) is 12.2 Å². The number of aliphatic imine (C=N–C) groups is 3. The molecule has 1 atom stereocenters. The van der Waals surface area contributed by atoms with Gasteiger partial charge in [-0.05, 0) is 6.26 Å². The van der Waals surface area contributed by atoms with Crippen LogP contribution in [-0.2, 0) is 0 Å². The summed E-state index contributed by atoms with van der Waals surface area (Å²) in [5, 5.41) is 3.84. The minimum atomic E-state index is -0.143. The molecule has 2 rings (SSSR count). The topological polar surface area (TPSA) is 49.1 Å². The van der Waals surface area contributed by atoms with Crippen molar-refractivity contribution in [3.05, 3.63) is 0 Å². The van der Waals surface area contributed by atoms with E-state index >= 15 is 0 Å². The molecule has 0 aromatic heterocycles. The maximum absolute atomic E-state index is 5.05. The third-order valence-electron chi connectivity index (χ3n) is 1.55.